The fraction of sp³-hybridized carbons (Fsp3) is 0.467. The van der Waals surface area contributed by atoms with Crippen LogP contribution in [-0.2, 0) is 6.42 Å². The maximum atomic E-state index is 12.0. The number of para-hydroxylation sites is 1. The zero-order chi connectivity index (χ0) is 13.9. The molecule has 0 unspecified atom stereocenters. The van der Waals surface area contributed by atoms with Crippen LogP contribution in [0.3, 0.4) is 0 Å². The third-order valence-electron chi connectivity index (χ3n) is 4.01. The second-order valence-corrected chi connectivity index (χ2v) is 5.24. The summed E-state index contributed by atoms with van der Waals surface area (Å²) in [6, 6.07) is 8.15. The topological polar surface area (TPSA) is 59.9 Å². The summed E-state index contributed by atoms with van der Waals surface area (Å²) < 4.78 is 7.20. The number of hydrogen-bond acceptors (Lipinski definition) is 3. The molecule has 5 nitrogen and oxygen atoms in total. The van der Waals surface area contributed by atoms with E-state index in [-0.39, 0.29) is 5.69 Å². The average Bonchev–Trinajstić information content (AvgIpc) is 3.09. The van der Waals surface area contributed by atoms with Gasteiger partial charge in [0.05, 0.1) is 7.11 Å². The van der Waals surface area contributed by atoms with Gasteiger partial charge in [-0.2, -0.15) is 5.10 Å². The minimum atomic E-state index is -0.0956. The summed E-state index contributed by atoms with van der Waals surface area (Å²) in [5.41, 5.74) is 0.954. The highest BCUT2D eigenvalue weighted by Crippen LogP contribution is 2.29. The van der Waals surface area contributed by atoms with Crippen molar-refractivity contribution in [2.45, 2.75) is 38.1 Å². The molecule has 1 fully saturated rings. The Morgan fingerprint density at radius 2 is 2.10 bits per heavy atom. The van der Waals surface area contributed by atoms with E-state index in [0.29, 0.717) is 12.5 Å². The van der Waals surface area contributed by atoms with Crippen LogP contribution in [0.1, 0.15) is 43.1 Å². The van der Waals surface area contributed by atoms with Crippen molar-refractivity contribution >= 4 is 0 Å². The van der Waals surface area contributed by atoms with Crippen molar-refractivity contribution in [3.63, 3.8) is 0 Å². The first-order valence-electron chi connectivity index (χ1n) is 7.07. The van der Waals surface area contributed by atoms with Gasteiger partial charge in [-0.05, 0) is 18.9 Å². The Morgan fingerprint density at radius 1 is 1.35 bits per heavy atom. The number of aromatic nitrogens is 3. The quantitative estimate of drug-likeness (QED) is 0.929. The molecule has 1 heterocycles. The molecule has 1 aromatic carbocycles. The minimum absolute atomic E-state index is 0.0956. The Kier molecular flexibility index (Phi) is 3.58. The molecule has 2 aromatic rings. The molecule has 106 valence electrons. The molecule has 0 saturated heterocycles. The van der Waals surface area contributed by atoms with Crippen molar-refractivity contribution in [1.82, 2.24) is 14.8 Å². The first kappa shape index (κ1) is 13.0. The normalized spacial score (nSPS) is 15.7. The Balaban J connectivity index is 1.93. The van der Waals surface area contributed by atoms with Gasteiger partial charge in [0.25, 0.3) is 0 Å². The first-order chi connectivity index (χ1) is 9.79. The SMILES string of the molecule is COc1ccccc1Cc1n[nH]c(=O)n1C1CCCC1. The maximum absolute atomic E-state index is 12.0. The molecule has 0 amide bonds. The molecule has 1 aromatic heterocycles. The van der Waals surface area contributed by atoms with Crippen LogP contribution in [0.4, 0.5) is 0 Å². The van der Waals surface area contributed by atoms with Crippen molar-refractivity contribution in [1.29, 1.82) is 0 Å². The number of benzene rings is 1. The van der Waals surface area contributed by atoms with Crippen molar-refractivity contribution in [3.8, 4) is 5.75 Å². The van der Waals surface area contributed by atoms with Crippen molar-refractivity contribution in [3.05, 3.63) is 46.1 Å². The molecule has 1 saturated carbocycles. The van der Waals surface area contributed by atoms with Crippen LogP contribution in [-0.4, -0.2) is 21.9 Å². The van der Waals surface area contributed by atoms with Gasteiger partial charge in [-0.3, -0.25) is 4.57 Å². The van der Waals surface area contributed by atoms with Gasteiger partial charge >= 0.3 is 5.69 Å². The molecule has 0 radical (unpaired) electrons. The molecule has 0 spiro atoms. The summed E-state index contributed by atoms with van der Waals surface area (Å²) in [5, 5.41) is 6.79. The summed E-state index contributed by atoms with van der Waals surface area (Å²) >= 11 is 0. The number of nitrogens with zero attached hydrogens (tertiary/aromatic N) is 2. The van der Waals surface area contributed by atoms with E-state index >= 15 is 0 Å². The van der Waals surface area contributed by atoms with Gasteiger partial charge in [0.2, 0.25) is 0 Å². The van der Waals surface area contributed by atoms with E-state index in [1.807, 2.05) is 28.8 Å². The van der Waals surface area contributed by atoms with Gasteiger partial charge < -0.3 is 4.74 Å². The van der Waals surface area contributed by atoms with Gasteiger partial charge in [0, 0.05) is 18.0 Å². The predicted octanol–water partition coefficient (Wildman–Crippen LogP) is 2.29. The largest absolute Gasteiger partial charge is 0.496 e. The summed E-state index contributed by atoms with van der Waals surface area (Å²) in [7, 11) is 1.66. The Morgan fingerprint density at radius 3 is 2.85 bits per heavy atom. The van der Waals surface area contributed by atoms with Crippen molar-refractivity contribution < 1.29 is 4.74 Å². The molecule has 3 rings (SSSR count). The van der Waals surface area contributed by atoms with Crippen LogP contribution >= 0.6 is 0 Å². The molecular formula is C15H19N3O2. The van der Waals surface area contributed by atoms with Crippen molar-refractivity contribution in [2.24, 2.45) is 0 Å². The lowest BCUT2D eigenvalue weighted by Crippen LogP contribution is -2.22. The van der Waals surface area contributed by atoms with E-state index in [2.05, 4.69) is 10.2 Å². The monoisotopic (exact) mass is 273 g/mol. The number of aromatic amines is 1. The van der Waals surface area contributed by atoms with Gasteiger partial charge in [0.1, 0.15) is 11.6 Å². The Bertz CT molecular complexity index is 639. The zero-order valence-corrected chi connectivity index (χ0v) is 11.6. The second kappa shape index (κ2) is 5.53. The fourth-order valence-electron chi connectivity index (χ4n) is 3.02. The average molecular weight is 273 g/mol. The van der Waals surface area contributed by atoms with E-state index in [4.69, 9.17) is 4.74 Å². The highest BCUT2D eigenvalue weighted by Gasteiger charge is 2.22. The lowest BCUT2D eigenvalue weighted by Gasteiger charge is -2.13. The number of hydrogen-bond donors (Lipinski definition) is 1. The smallest absolute Gasteiger partial charge is 0.343 e. The minimum Gasteiger partial charge on any atom is -0.496 e. The lowest BCUT2D eigenvalue weighted by molar-refractivity contribution is 0.409. The number of H-pyrrole nitrogens is 1. The van der Waals surface area contributed by atoms with E-state index in [1.165, 1.54) is 12.8 Å². The van der Waals surface area contributed by atoms with Crippen LogP contribution in [0.5, 0.6) is 5.75 Å². The standard InChI is InChI=1S/C15H19N3O2/c1-20-13-9-5-2-6-11(13)10-14-16-17-15(19)18(14)12-7-3-4-8-12/h2,5-6,9,12H,3-4,7-8,10H2,1H3,(H,17,19). The summed E-state index contributed by atoms with van der Waals surface area (Å²) in [5.74, 6) is 1.63. The number of nitrogens with one attached hydrogen (secondary N) is 1. The second-order valence-electron chi connectivity index (χ2n) is 5.24. The van der Waals surface area contributed by atoms with Gasteiger partial charge in [-0.1, -0.05) is 31.0 Å². The Hall–Kier alpha value is -2.04. The molecule has 20 heavy (non-hydrogen) atoms. The summed E-state index contributed by atoms with van der Waals surface area (Å²) in [4.78, 5) is 12.0. The van der Waals surface area contributed by atoms with Crippen LogP contribution in [0.25, 0.3) is 0 Å². The first-order valence-corrected chi connectivity index (χ1v) is 7.07. The third-order valence-corrected chi connectivity index (χ3v) is 4.01. The third kappa shape index (κ3) is 2.35. The predicted molar refractivity (Wildman–Crippen MR) is 76.2 cm³/mol. The van der Waals surface area contributed by atoms with Crippen LogP contribution in [0.15, 0.2) is 29.1 Å². The zero-order valence-electron chi connectivity index (χ0n) is 11.6. The molecular weight excluding hydrogens is 254 g/mol. The molecule has 1 aliphatic rings. The lowest BCUT2D eigenvalue weighted by atomic mass is 10.1. The summed E-state index contributed by atoms with van der Waals surface area (Å²) in [6.07, 6.45) is 5.13. The number of ether oxygens (including phenoxy) is 1. The van der Waals surface area contributed by atoms with Crippen LogP contribution < -0.4 is 10.4 Å². The maximum Gasteiger partial charge on any atom is 0.343 e. The van der Waals surface area contributed by atoms with E-state index in [0.717, 1.165) is 30.0 Å². The molecule has 1 N–H and O–H groups in total. The molecule has 1 aliphatic carbocycles. The molecule has 0 bridgehead atoms. The number of methoxy groups -OCH3 is 1. The van der Waals surface area contributed by atoms with E-state index in [1.54, 1.807) is 7.11 Å². The van der Waals surface area contributed by atoms with Gasteiger partial charge in [-0.15, -0.1) is 0 Å². The molecule has 5 heteroatoms. The van der Waals surface area contributed by atoms with Crippen LogP contribution in [0.2, 0.25) is 0 Å². The van der Waals surface area contributed by atoms with Crippen molar-refractivity contribution in [2.75, 3.05) is 7.11 Å². The van der Waals surface area contributed by atoms with E-state index in [9.17, 15) is 4.79 Å². The van der Waals surface area contributed by atoms with Gasteiger partial charge in [0.15, 0.2) is 0 Å². The van der Waals surface area contributed by atoms with Crippen LogP contribution in [0, 0.1) is 0 Å². The number of rotatable bonds is 4. The Labute approximate surface area is 117 Å². The highest BCUT2D eigenvalue weighted by molar-refractivity contribution is 5.35. The summed E-state index contributed by atoms with van der Waals surface area (Å²) in [6.45, 7) is 0. The molecule has 0 atom stereocenters. The van der Waals surface area contributed by atoms with Gasteiger partial charge in [-0.25, -0.2) is 9.89 Å². The fourth-order valence-corrected chi connectivity index (χ4v) is 3.02. The molecule has 0 aliphatic heterocycles. The van der Waals surface area contributed by atoms with E-state index < -0.39 is 0 Å². The highest BCUT2D eigenvalue weighted by atomic mass is 16.5.